The zero-order chi connectivity index (χ0) is 13.3. The van der Waals surface area contributed by atoms with Crippen LogP contribution in [0, 0.1) is 11.8 Å². The molecule has 0 saturated carbocycles. The van der Waals surface area contributed by atoms with E-state index in [9.17, 15) is 10.2 Å². The molecule has 0 amide bonds. The first-order valence-corrected chi connectivity index (χ1v) is 7.40. The number of aliphatic hydroxyl groups is 2. The summed E-state index contributed by atoms with van der Waals surface area (Å²) < 4.78 is 0. The Morgan fingerprint density at radius 3 is 1.94 bits per heavy atom. The zero-order valence-electron chi connectivity index (χ0n) is 12.2. The Kier molecular flexibility index (Phi) is 9.85. The summed E-state index contributed by atoms with van der Waals surface area (Å²) in [6.07, 6.45) is 6.93. The molecule has 0 rings (SSSR count). The Balaban J connectivity index is 3.95. The largest absolute Gasteiger partial charge is 0.393 e. The molecule has 0 aliphatic carbocycles. The van der Waals surface area contributed by atoms with Crippen molar-refractivity contribution in [2.45, 2.75) is 84.8 Å². The molecule has 0 aromatic carbocycles. The Morgan fingerprint density at radius 2 is 1.41 bits per heavy atom. The van der Waals surface area contributed by atoms with E-state index >= 15 is 0 Å². The Labute approximate surface area is 107 Å². The monoisotopic (exact) mass is 244 g/mol. The van der Waals surface area contributed by atoms with E-state index in [-0.39, 0.29) is 18.1 Å². The molecule has 0 bridgehead atoms. The first-order chi connectivity index (χ1) is 8.04. The average molecular weight is 244 g/mol. The van der Waals surface area contributed by atoms with Crippen molar-refractivity contribution in [1.29, 1.82) is 0 Å². The third kappa shape index (κ3) is 7.05. The molecular weight excluding hydrogens is 212 g/mol. The summed E-state index contributed by atoms with van der Waals surface area (Å²) in [7, 11) is 0. The minimum absolute atomic E-state index is 0.00119. The molecule has 0 unspecified atom stereocenters. The van der Waals surface area contributed by atoms with Crippen LogP contribution in [-0.2, 0) is 0 Å². The molecule has 2 heteroatoms. The van der Waals surface area contributed by atoms with Gasteiger partial charge in [-0.2, -0.15) is 0 Å². The molecule has 17 heavy (non-hydrogen) atoms. The van der Waals surface area contributed by atoms with Crippen LogP contribution in [0.3, 0.4) is 0 Å². The molecule has 4 atom stereocenters. The van der Waals surface area contributed by atoms with E-state index in [0.29, 0.717) is 5.92 Å². The lowest BCUT2D eigenvalue weighted by Crippen LogP contribution is -2.34. The average Bonchev–Trinajstić information content (AvgIpc) is 2.34. The van der Waals surface area contributed by atoms with Gasteiger partial charge in [0.25, 0.3) is 0 Å². The van der Waals surface area contributed by atoms with Crippen molar-refractivity contribution in [3.63, 3.8) is 0 Å². The van der Waals surface area contributed by atoms with Crippen LogP contribution in [0.1, 0.15) is 72.6 Å². The maximum Gasteiger partial charge on any atom is 0.0615 e. The second-order valence-corrected chi connectivity index (χ2v) is 5.53. The van der Waals surface area contributed by atoms with Crippen molar-refractivity contribution < 1.29 is 10.2 Å². The topological polar surface area (TPSA) is 40.5 Å². The van der Waals surface area contributed by atoms with Crippen LogP contribution >= 0.6 is 0 Å². The SMILES string of the molecule is CCCCC[C@@H](O)[C@@H](C)[C@H](O)[C@@H](C)CCCC. The molecule has 104 valence electrons. The van der Waals surface area contributed by atoms with Crippen molar-refractivity contribution in [2.24, 2.45) is 11.8 Å². The number of rotatable bonds is 10. The summed E-state index contributed by atoms with van der Waals surface area (Å²) in [4.78, 5) is 0. The summed E-state index contributed by atoms with van der Waals surface area (Å²) in [5, 5.41) is 20.2. The molecule has 0 aliphatic rings. The van der Waals surface area contributed by atoms with Crippen LogP contribution in [0.4, 0.5) is 0 Å². The van der Waals surface area contributed by atoms with Gasteiger partial charge >= 0.3 is 0 Å². The fourth-order valence-corrected chi connectivity index (χ4v) is 2.31. The lowest BCUT2D eigenvalue weighted by Gasteiger charge is -2.28. The quantitative estimate of drug-likeness (QED) is 0.575. The predicted octanol–water partition coefficient (Wildman–Crippen LogP) is 3.75. The van der Waals surface area contributed by atoms with E-state index in [0.717, 1.165) is 25.7 Å². The first-order valence-electron chi connectivity index (χ1n) is 7.40. The third-order valence-electron chi connectivity index (χ3n) is 3.85. The van der Waals surface area contributed by atoms with Crippen LogP contribution < -0.4 is 0 Å². The molecule has 0 fully saturated rings. The smallest absolute Gasteiger partial charge is 0.0615 e. The number of hydrogen-bond acceptors (Lipinski definition) is 2. The third-order valence-corrected chi connectivity index (χ3v) is 3.85. The Bertz CT molecular complexity index is 170. The highest BCUT2D eigenvalue weighted by molar-refractivity contribution is 4.76. The number of unbranched alkanes of at least 4 members (excludes halogenated alkanes) is 3. The molecule has 0 saturated heterocycles. The fraction of sp³-hybridized carbons (Fsp3) is 1.00. The highest BCUT2D eigenvalue weighted by Gasteiger charge is 2.26. The molecule has 0 radical (unpaired) electrons. The number of hydrogen-bond donors (Lipinski definition) is 2. The molecule has 2 N–H and O–H groups in total. The second kappa shape index (κ2) is 9.90. The molecular formula is C15H32O2. The van der Waals surface area contributed by atoms with Gasteiger partial charge in [0.2, 0.25) is 0 Å². The normalized spacial score (nSPS) is 18.7. The minimum atomic E-state index is -0.363. The summed E-state index contributed by atoms with van der Waals surface area (Å²) in [6, 6.07) is 0. The van der Waals surface area contributed by atoms with Crippen LogP contribution in [-0.4, -0.2) is 22.4 Å². The Hall–Kier alpha value is -0.0800. The van der Waals surface area contributed by atoms with Gasteiger partial charge in [-0.05, 0) is 18.8 Å². The van der Waals surface area contributed by atoms with E-state index in [1.807, 2.05) is 6.92 Å². The van der Waals surface area contributed by atoms with Crippen molar-refractivity contribution in [3.8, 4) is 0 Å². The van der Waals surface area contributed by atoms with Crippen LogP contribution in [0.2, 0.25) is 0 Å². The van der Waals surface area contributed by atoms with Gasteiger partial charge in [-0.15, -0.1) is 0 Å². The molecule has 0 aromatic rings. The van der Waals surface area contributed by atoms with E-state index in [4.69, 9.17) is 0 Å². The van der Waals surface area contributed by atoms with Gasteiger partial charge < -0.3 is 10.2 Å². The van der Waals surface area contributed by atoms with Gasteiger partial charge in [0.15, 0.2) is 0 Å². The van der Waals surface area contributed by atoms with Gasteiger partial charge in [-0.1, -0.05) is 59.8 Å². The lowest BCUT2D eigenvalue weighted by atomic mass is 9.85. The molecule has 0 spiro atoms. The summed E-state index contributed by atoms with van der Waals surface area (Å²) in [5.74, 6) is 0.296. The summed E-state index contributed by atoms with van der Waals surface area (Å²) in [6.45, 7) is 8.40. The van der Waals surface area contributed by atoms with E-state index in [1.54, 1.807) is 0 Å². The highest BCUT2D eigenvalue weighted by Crippen LogP contribution is 2.23. The van der Waals surface area contributed by atoms with Crippen LogP contribution in [0.5, 0.6) is 0 Å². The zero-order valence-corrected chi connectivity index (χ0v) is 12.2. The van der Waals surface area contributed by atoms with Crippen molar-refractivity contribution >= 4 is 0 Å². The molecule has 2 nitrogen and oxygen atoms in total. The Morgan fingerprint density at radius 1 is 0.824 bits per heavy atom. The second-order valence-electron chi connectivity index (χ2n) is 5.53. The van der Waals surface area contributed by atoms with Gasteiger partial charge in [0.1, 0.15) is 0 Å². The van der Waals surface area contributed by atoms with Crippen molar-refractivity contribution in [3.05, 3.63) is 0 Å². The molecule has 0 aromatic heterocycles. The maximum atomic E-state index is 10.2. The first kappa shape index (κ1) is 16.9. The van der Waals surface area contributed by atoms with Gasteiger partial charge in [-0.25, -0.2) is 0 Å². The van der Waals surface area contributed by atoms with Gasteiger partial charge in [0, 0.05) is 5.92 Å². The molecule has 0 heterocycles. The lowest BCUT2D eigenvalue weighted by molar-refractivity contribution is -0.0123. The fourth-order valence-electron chi connectivity index (χ4n) is 2.31. The van der Waals surface area contributed by atoms with Crippen molar-refractivity contribution in [1.82, 2.24) is 0 Å². The number of aliphatic hydroxyl groups excluding tert-OH is 2. The van der Waals surface area contributed by atoms with Crippen LogP contribution in [0.15, 0.2) is 0 Å². The maximum absolute atomic E-state index is 10.2. The minimum Gasteiger partial charge on any atom is -0.393 e. The van der Waals surface area contributed by atoms with Gasteiger partial charge in [0.05, 0.1) is 12.2 Å². The van der Waals surface area contributed by atoms with Crippen LogP contribution in [0.25, 0.3) is 0 Å². The predicted molar refractivity (Wildman–Crippen MR) is 74.0 cm³/mol. The van der Waals surface area contributed by atoms with Gasteiger partial charge in [-0.3, -0.25) is 0 Å². The van der Waals surface area contributed by atoms with Crippen molar-refractivity contribution in [2.75, 3.05) is 0 Å². The van der Waals surface area contributed by atoms with E-state index < -0.39 is 0 Å². The summed E-state index contributed by atoms with van der Waals surface area (Å²) in [5.41, 5.74) is 0. The standard InChI is InChI=1S/C15H32O2/c1-5-7-9-11-14(16)13(4)15(17)12(3)10-8-6-2/h12-17H,5-11H2,1-4H3/t12-,13+,14+,15+/m0/s1. The van der Waals surface area contributed by atoms with E-state index in [1.165, 1.54) is 19.3 Å². The molecule has 0 aliphatic heterocycles. The van der Waals surface area contributed by atoms with E-state index in [2.05, 4.69) is 20.8 Å². The summed E-state index contributed by atoms with van der Waals surface area (Å²) >= 11 is 0. The highest BCUT2D eigenvalue weighted by atomic mass is 16.3.